The van der Waals surface area contributed by atoms with Crippen LogP contribution in [0.25, 0.3) is 0 Å². The van der Waals surface area contributed by atoms with E-state index in [0.717, 1.165) is 5.56 Å². The number of nitrogens with zero attached hydrogens (tertiary/aromatic N) is 2. The normalized spacial score (nSPS) is 31.3. The third-order valence-electron chi connectivity index (χ3n) is 8.56. The molecule has 2 saturated heterocycles. The highest BCUT2D eigenvalue weighted by molar-refractivity contribution is 6.32. The summed E-state index contributed by atoms with van der Waals surface area (Å²) in [6, 6.07) is 22.5. The number of allylic oxidation sites excluding steroid dienone is 2. The standard InChI is InChI=1S/C30H20Cl2N2O4/c31-17-8-4-10-19(14-17)33-26(35)22-21-12-13-30(24(22)28(33)37,16-6-2-1-3-7-16)25-23(21)27(36)34(29(25)38)20-11-5-9-18(32)15-20/h1-15,21-25H/t21?,22-,23-,24-,25+,30?/m0/s1. The molecule has 38 heavy (non-hydrogen) atoms. The fraction of sp³-hybridized carbons (Fsp3) is 0.200. The van der Waals surface area contributed by atoms with Crippen LogP contribution in [0.3, 0.4) is 0 Å². The predicted molar refractivity (Wildman–Crippen MR) is 143 cm³/mol. The molecule has 3 aliphatic carbocycles. The van der Waals surface area contributed by atoms with Gasteiger partial charge in [0.1, 0.15) is 0 Å². The third-order valence-corrected chi connectivity index (χ3v) is 9.03. The molecule has 3 aromatic rings. The fourth-order valence-corrected chi connectivity index (χ4v) is 7.59. The minimum absolute atomic E-state index is 0.378. The highest BCUT2D eigenvalue weighted by Crippen LogP contribution is 2.65. The first-order chi connectivity index (χ1) is 18.3. The number of benzene rings is 3. The van der Waals surface area contributed by atoms with Crippen molar-refractivity contribution in [2.24, 2.45) is 29.6 Å². The molecule has 0 N–H and O–H groups in total. The van der Waals surface area contributed by atoms with Crippen LogP contribution in [0.1, 0.15) is 5.56 Å². The van der Waals surface area contributed by atoms with Crippen molar-refractivity contribution < 1.29 is 19.2 Å². The summed E-state index contributed by atoms with van der Waals surface area (Å²) < 4.78 is 0. The summed E-state index contributed by atoms with van der Waals surface area (Å²) in [5.41, 5.74) is 0.314. The molecule has 0 aromatic heterocycles. The van der Waals surface area contributed by atoms with Gasteiger partial charge in [0.2, 0.25) is 23.6 Å². The number of carbonyl (C=O) groups is 4. The number of imide groups is 2. The monoisotopic (exact) mass is 542 g/mol. The van der Waals surface area contributed by atoms with Crippen LogP contribution in [0.4, 0.5) is 11.4 Å². The SMILES string of the molecule is O=C1[C@@H]2[C@@H](C(=O)N1c1cccc(Cl)c1)C1C=CC2(c2ccccc2)[C@H]2C(=O)N(c3cccc(Cl)c3)C(=O)[C@@H]12. The van der Waals surface area contributed by atoms with Gasteiger partial charge in [-0.1, -0.05) is 77.8 Å². The van der Waals surface area contributed by atoms with Gasteiger partial charge in [0.15, 0.2) is 0 Å². The van der Waals surface area contributed by atoms with E-state index in [-0.39, 0.29) is 23.6 Å². The van der Waals surface area contributed by atoms with E-state index in [9.17, 15) is 19.2 Å². The van der Waals surface area contributed by atoms with Gasteiger partial charge in [-0.25, -0.2) is 9.80 Å². The maximum absolute atomic E-state index is 14.2. The van der Waals surface area contributed by atoms with Crippen molar-refractivity contribution >= 4 is 58.2 Å². The second-order valence-electron chi connectivity index (χ2n) is 10.2. The van der Waals surface area contributed by atoms with Crippen LogP contribution in [0.5, 0.6) is 0 Å². The fourth-order valence-electron chi connectivity index (χ4n) is 7.22. The molecule has 1 saturated carbocycles. The van der Waals surface area contributed by atoms with Gasteiger partial charge in [0.05, 0.1) is 35.0 Å². The molecule has 0 spiro atoms. The van der Waals surface area contributed by atoms with Gasteiger partial charge in [-0.3, -0.25) is 19.2 Å². The highest BCUT2D eigenvalue weighted by atomic mass is 35.5. The Morgan fingerprint density at radius 2 is 1.11 bits per heavy atom. The highest BCUT2D eigenvalue weighted by Gasteiger charge is 2.75. The zero-order valence-corrected chi connectivity index (χ0v) is 21.3. The van der Waals surface area contributed by atoms with Crippen molar-refractivity contribution in [3.8, 4) is 0 Å². The van der Waals surface area contributed by atoms with Gasteiger partial charge in [0, 0.05) is 21.4 Å². The smallest absolute Gasteiger partial charge is 0.238 e. The molecule has 188 valence electrons. The number of amides is 4. The average Bonchev–Trinajstić information content (AvgIpc) is 3.36. The number of rotatable bonds is 3. The molecule has 6 atom stereocenters. The largest absolute Gasteiger partial charge is 0.274 e. The van der Waals surface area contributed by atoms with Crippen molar-refractivity contribution in [1.82, 2.24) is 0 Å². The van der Waals surface area contributed by atoms with Crippen LogP contribution in [-0.4, -0.2) is 23.6 Å². The summed E-state index contributed by atoms with van der Waals surface area (Å²) in [5, 5.41) is 0.799. The van der Waals surface area contributed by atoms with Gasteiger partial charge >= 0.3 is 0 Å². The molecule has 8 heteroatoms. The molecule has 8 rings (SSSR count). The molecule has 5 aliphatic rings. The van der Waals surface area contributed by atoms with E-state index in [2.05, 4.69) is 0 Å². The first-order valence-corrected chi connectivity index (χ1v) is 13.1. The van der Waals surface area contributed by atoms with Crippen molar-refractivity contribution in [3.63, 3.8) is 0 Å². The summed E-state index contributed by atoms with van der Waals surface area (Å²) >= 11 is 12.4. The third kappa shape index (κ3) is 2.90. The summed E-state index contributed by atoms with van der Waals surface area (Å²) in [5.74, 6) is -5.40. The van der Waals surface area contributed by atoms with Crippen LogP contribution in [0.2, 0.25) is 10.0 Å². The minimum Gasteiger partial charge on any atom is -0.274 e. The minimum atomic E-state index is -1.18. The molecule has 2 aliphatic heterocycles. The molecular weight excluding hydrogens is 523 g/mol. The van der Waals surface area contributed by atoms with E-state index < -0.39 is 35.0 Å². The summed E-state index contributed by atoms with van der Waals surface area (Å²) in [6.45, 7) is 0. The molecule has 3 fully saturated rings. The Morgan fingerprint density at radius 3 is 1.58 bits per heavy atom. The van der Waals surface area contributed by atoms with Crippen LogP contribution < -0.4 is 9.80 Å². The zero-order valence-electron chi connectivity index (χ0n) is 19.8. The topological polar surface area (TPSA) is 74.8 Å². The Kier molecular flexibility index (Phi) is 5.00. The lowest BCUT2D eigenvalue weighted by molar-refractivity contribution is -0.140. The Hall–Kier alpha value is -3.74. The number of anilines is 2. The first-order valence-electron chi connectivity index (χ1n) is 12.4. The maximum Gasteiger partial charge on any atom is 0.238 e. The Bertz CT molecular complexity index is 1500. The Balaban J connectivity index is 1.43. The molecule has 0 radical (unpaired) electrons. The summed E-state index contributed by atoms with van der Waals surface area (Å²) in [6.07, 6.45) is 3.77. The van der Waals surface area contributed by atoms with Crippen LogP contribution in [0, 0.1) is 29.6 Å². The zero-order chi connectivity index (χ0) is 26.3. The second kappa shape index (κ2) is 8.13. The Morgan fingerprint density at radius 1 is 0.605 bits per heavy atom. The molecule has 2 bridgehead atoms. The Labute approximate surface area is 228 Å². The molecule has 2 unspecified atom stereocenters. The number of hydrogen-bond donors (Lipinski definition) is 0. The predicted octanol–water partition coefficient (Wildman–Crippen LogP) is 5.04. The van der Waals surface area contributed by atoms with E-state index in [1.54, 1.807) is 48.5 Å². The number of carbonyl (C=O) groups excluding carboxylic acids is 4. The second-order valence-corrected chi connectivity index (χ2v) is 11.1. The molecule has 2 heterocycles. The molecule has 3 aromatic carbocycles. The average molecular weight is 543 g/mol. The van der Waals surface area contributed by atoms with Crippen LogP contribution in [0.15, 0.2) is 91.0 Å². The van der Waals surface area contributed by atoms with E-state index >= 15 is 0 Å². The van der Waals surface area contributed by atoms with E-state index in [0.29, 0.717) is 21.4 Å². The van der Waals surface area contributed by atoms with Crippen molar-refractivity contribution in [2.75, 3.05) is 9.80 Å². The molecular formula is C30H20Cl2N2O4. The van der Waals surface area contributed by atoms with Gasteiger partial charge in [-0.15, -0.1) is 0 Å². The van der Waals surface area contributed by atoms with Gasteiger partial charge in [-0.2, -0.15) is 0 Å². The number of halogens is 2. The van der Waals surface area contributed by atoms with Gasteiger partial charge in [-0.05, 0) is 42.0 Å². The van der Waals surface area contributed by atoms with Gasteiger partial charge in [0.25, 0.3) is 0 Å². The molecule has 4 amide bonds. The van der Waals surface area contributed by atoms with Crippen molar-refractivity contribution in [1.29, 1.82) is 0 Å². The lowest BCUT2D eigenvalue weighted by Crippen LogP contribution is -2.60. The van der Waals surface area contributed by atoms with Crippen LogP contribution in [-0.2, 0) is 24.6 Å². The molecule has 6 nitrogen and oxygen atoms in total. The van der Waals surface area contributed by atoms with Crippen molar-refractivity contribution in [2.45, 2.75) is 5.41 Å². The quantitative estimate of drug-likeness (QED) is 0.343. The first kappa shape index (κ1) is 23.4. The number of hydrogen-bond acceptors (Lipinski definition) is 4. The van der Waals surface area contributed by atoms with E-state index in [4.69, 9.17) is 23.2 Å². The van der Waals surface area contributed by atoms with E-state index in [1.165, 1.54) is 9.80 Å². The lowest BCUT2D eigenvalue weighted by Gasteiger charge is -2.53. The van der Waals surface area contributed by atoms with Gasteiger partial charge < -0.3 is 0 Å². The maximum atomic E-state index is 14.2. The van der Waals surface area contributed by atoms with Crippen LogP contribution >= 0.6 is 23.2 Å². The summed E-state index contributed by atoms with van der Waals surface area (Å²) in [7, 11) is 0. The summed E-state index contributed by atoms with van der Waals surface area (Å²) in [4.78, 5) is 58.8. The lowest BCUT2D eigenvalue weighted by atomic mass is 9.45. The van der Waals surface area contributed by atoms with Crippen molar-refractivity contribution in [3.05, 3.63) is 107 Å². The van der Waals surface area contributed by atoms with E-state index in [1.807, 2.05) is 42.5 Å².